The minimum absolute atomic E-state index is 0.244. The predicted molar refractivity (Wildman–Crippen MR) is 127 cm³/mol. The van der Waals surface area contributed by atoms with Crippen LogP contribution in [0.3, 0.4) is 0 Å². The summed E-state index contributed by atoms with van der Waals surface area (Å²) in [5.74, 6) is 0.247. The minimum Gasteiger partial charge on any atom is -0.481 e. The fourth-order valence-corrected chi connectivity index (χ4v) is 3.58. The van der Waals surface area contributed by atoms with Crippen molar-refractivity contribution in [3.63, 3.8) is 0 Å². The van der Waals surface area contributed by atoms with E-state index in [4.69, 9.17) is 4.74 Å². The highest BCUT2D eigenvalue weighted by atomic mass is 32.2. The molecule has 0 aliphatic rings. The summed E-state index contributed by atoms with van der Waals surface area (Å²) >= 11 is 0. The number of benzene rings is 2. The van der Waals surface area contributed by atoms with Crippen LogP contribution in [0.4, 0.5) is 11.4 Å². The summed E-state index contributed by atoms with van der Waals surface area (Å²) in [6.07, 6.45) is 5.28. The average molecular weight is 454 g/mol. The molecule has 3 aromatic rings. The van der Waals surface area contributed by atoms with Gasteiger partial charge < -0.3 is 10.1 Å². The van der Waals surface area contributed by atoms with E-state index in [0.717, 1.165) is 18.2 Å². The fourth-order valence-electron chi connectivity index (χ4n) is 3.08. The zero-order valence-electron chi connectivity index (χ0n) is 18.4. The lowest BCUT2D eigenvalue weighted by atomic mass is 10.1. The molecule has 0 radical (unpaired) electrons. The molecule has 0 saturated heterocycles. The van der Waals surface area contributed by atoms with Crippen LogP contribution in [0.25, 0.3) is 0 Å². The molecule has 0 saturated carbocycles. The van der Waals surface area contributed by atoms with Gasteiger partial charge in [-0.05, 0) is 72.5 Å². The number of amides is 1. The van der Waals surface area contributed by atoms with Crippen LogP contribution in [0.1, 0.15) is 24.5 Å². The van der Waals surface area contributed by atoms with Crippen molar-refractivity contribution in [2.75, 3.05) is 22.9 Å². The maximum atomic E-state index is 12.7. The number of nitrogens with zero attached hydrogens (tertiary/aromatic N) is 2. The fraction of sp³-hybridized carbons (Fsp3) is 0.250. The predicted octanol–water partition coefficient (Wildman–Crippen LogP) is 3.86. The van der Waals surface area contributed by atoms with Crippen molar-refractivity contribution in [1.29, 1.82) is 0 Å². The molecule has 2 aromatic carbocycles. The normalized spacial score (nSPS) is 12.1. The van der Waals surface area contributed by atoms with Crippen molar-refractivity contribution in [2.45, 2.75) is 25.9 Å². The third-order valence-electron chi connectivity index (χ3n) is 5.02. The second kappa shape index (κ2) is 10.3. The molecule has 3 rings (SSSR count). The molecule has 1 atom stereocenters. The third kappa shape index (κ3) is 6.31. The molecule has 7 nitrogen and oxygen atoms in total. The average Bonchev–Trinajstić information content (AvgIpc) is 2.78. The van der Waals surface area contributed by atoms with E-state index < -0.39 is 16.1 Å². The van der Waals surface area contributed by atoms with Crippen molar-refractivity contribution in [3.05, 3.63) is 84.2 Å². The number of nitrogens with one attached hydrogen (secondary N) is 1. The minimum atomic E-state index is -3.34. The Labute approximate surface area is 189 Å². The van der Waals surface area contributed by atoms with Crippen molar-refractivity contribution in [1.82, 2.24) is 4.98 Å². The van der Waals surface area contributed by atoms with Crippen LogP contribution >= 0.6 is 0 Å². The molecule has 1 amide bonds. The maximum absolute atomic E-state index is 12.7. The number of aromatic nitrogens is 1. The van der Waals surface area contributed by atoms with E-state index in [2.05, 4.69) is 10.3 Å². The highest BCUT2D eigenvalue weighted by Gasteiger charge is 2.19. The smallest absolute Gasteiger partial charge is 0.265 e. The molecule has 8 heteroatoms. The molecule has 168 valence electrons. The Hall–Kier alpha value is -3.39. The van der Waals surface area contributed by atoms with E-state index >= 15 is 0 Å². The first-order valence-corrected chi connectivity index (χ1v) is 12.1. The van der Waals surface area contributed by atoms with E-state index in [1.54, 1.807) is 36.7 Å². The maximum Gasteiger partial charge on any atom is 0.265 e. The summed E-state index contributed by atoms with van der Waals surface area (Å²) in [6, 6.07) is 18.2. The number of anilines is 2. The first-order chi connectivity index (χ1) is 15.3. The van der Waals surface area contributed by atoms with Crippen LogP contribution < -0.4 is 14.4 Å². The van der Waals surface area contributed by atoms with E-state index in [1.165, 1.54) is 16.9 Å². The van der Waals surface area contributed by atoms with Gasteiger partial charge in [-0.3, -0.25) is 14.1 Å². The number of hydrogen-bond acceptors (Lipinski definition) is 5. The first-order valence-electron chi connectivity index (χ1n) is 10.3. The van der Waals surface area contributed by atoms with Gasteiger partial charge in [0.15, 0.2) is 6.10 Å². The SMILES string of the molecule is CC[C@H](Oc1ccc(N(C)S(C)(=O)=O)cc1)C(=O)Nc1ccc(Cc2ccncc2)cc1. The zero-order valence-corrected chi connectivity index (χ0v) is 19.2. The van der Waals surface area contributed by atoms with E-state index in [-0.39, 0.29) is 5.91 Å². The highest BCUT2D eigenvalue weighted by molar-refractivity contribution is 7.92. The highest BCUT2D eigenvalue weighted by Crippen LogP contribution is 2.22. The molecule has 1 aromatic heterocycles. The van der Waals surface area contributed by atoms with Crippen LogP contribution in [0.2, 0.25) is 0 Å². The van der Waals surface area contributed by atoms with E-state index in [1.807, 2.05) is 43.3 Å². The van der Waals surface area contributed by atoms with Crippen molar-refractivity contribution in [3.8, 4) is 5.75 Å². The number of ether oxygens (including phenoxy) is 1. The van der Waals surface area contributed by atoms with Crippen LogP contribution in [0.5, 0.6) is 5.75 Å². The van der Waals surface area contributed by atoms with Gasteiger partial charge in [0.05, 0.1) is 11.9 Å². The lowest BCUT2D eigenvalue weighted by Crippen LogP contribution is -2.32. The number of sulfonamides is 1. The molecule has 32 heavy (non-hydrogen) atoms. The summed E-state index contributed by atoms with van der Waals surface area (Å²) in [5, 5.41) is 2.89. The van der Waals surface area contributed by atoms with Gasteiger partial charge in [0.1, 0.15) is 5.75 Å². The lowest BCUT2D eigenvalue weighted by Gasteiger charge is -2.19. The van der Waals surface area contributed by atoms with Crippen LogP contribution in [-0.4, -0.2) is 38.7 Å². The number of carbonyl (C=O) groups is 1. The topological polar surface area (TPSA) is 88.6 Å². The van der Waals surface area contributed by atoms with Gasteiger partial charge in [-0.2, -0.15) is 0 Å². The first kappa shape index (κ1) is 23.3. The van der Waals surface area contributed by atoms with Crippen molar-refractivity contribution < 1.29 is 17.9 Å². The Kier molecular flexibility index (Phi) is 7.48. The van der Waals surface area contributed by atoms with E-state index in [9.17, 15) is 13.2 Å². The summed E-state index contributed by atoms with van der Waals surface area (Å²) in [7, 11) is -1.86. The van der Waals surface area contributed by atoms with Gasteiger partial charge in [0, 0.05) is 25.1 Å². The Balaban J connectivity index is 1.60. The summed E-state index contributed by atoms with van der Waals surface area (Å²) < 4.78 is 30.3. The van der Waals surface area contributed by atoms with Crippen molar-refractivity contribution >= 4 is 27.3 Å². The van der Waals surface area contributed by atoms with Crippen molar-refractivity contribution in [2.24, 2.45) is 0 Å². The van der Waals surface area contributed by atoms with Gasteiger partial charge in [0.25, 0.3) is 5.91 Å². The third-order valence-corrected chi connectivity index (χ3v) is 6.22. The van der Waals surface area contributed by atoms with Gasteiger partial charge in [-0.1, -0.05) is 19.1 Å². The van der Waals surface area contributed by atoms with Crippen LogP contribution in [0.15, 0.2) is 73.1 Å². The standard InChI is InChI=1S/C24H27N3O4S/c1-4-23(31-22-11-9-21(10-12-22)27(2)32(3,29)30)24(28)26-20-7-5-18(6-8-20)17-19-13-15-25-16-14-19/h5-16,23H,4,17H2,1-3H3,(H,26,28)/t23-/m0/s1. The Morgan fingerprint density at radius 2 is 1.59 bits per heavy atom. The molecule has 0 unspecified atom stereocenters. The van der Waals surface area contributed by atoms with Crippen LogP contribution in [-0.2, 0) is 21.2 Å². The zero-order chi connectivity index (χ0) is 23.1. The Morgan fingerprint density at radius 3 is 2.16 bits per heavy atom. The molecular formula is C24H27N3O4S. The van der Waals surface area contributed by atoms with Gasteiger partial charge in [-0.15, -0.1) is 0 Å². The molecule has 0 fully saturated rings. The quantitative estimate of drug-likeness (QED) is 0.531. The molecule has 1 N–H and O–H groups in total. The number of hydrogen-bond donors (Lipinski definition) is 1. The number of pyridine rings is 1. The van der Waals surface area contributed by atoms with Gasteiger partial charge in [0.2, 0.25) is 10.0 Å². The summed E-state index contributed by atoms with van der Waals surface area (Å²) in [4.78, 5) is 16.7. The number of rotatable bonds is 9. The second-order valence-electron chi connectivity index (χ2n) is 7.46. The summed E-state index contributed by atoms with van der Waals surface area (Å²) in [6.45, 7) is 1.87. The van der Waals surface area contributed by atoms with Gasteiger partial charge >= 0.3 is 0 Å². The van der Waals surface area contributed by atoms with Gasteiger partial charge in [-0.25, -0.2) is 8.42 Å². The molecule has 1 heterocycles. The monoisotopic (exact) mass is 453 g/mol. The summed E-state index contributed by atoms with van der Waals surface area (Å²) in [5.41, 5.74) is 3.52. The molecule has 0 aliphatic heterocycles. The van der Waals surface area contributed by atoms with Crippen LogP contribution in [0, 0.1) is 0 Å². The van der Waals surface area contributed by atoms with E-state index in [0.29, 0.717) is 23.5 Å². The second-order valence-corrected chi connectivity index (χ2v) is 9.47. The molecule has 0 spiro atoms. The Morgan fingerprint density at radius 1 is 1.00 bits per heavy atom. The Bertz CT molecular complexity index is 1130. The number of carbonyl (C=O) groups excluding carboxylic acids is 1. The lowest BCUT2D eigenvalue weighted by molar-refractivity contribution is -0.122. The largest absolute Gasteiger partial charge is 0.481 e. The molecule has 0 bridgehead atoms. The molecular weight excluding hydrogens is 426 g/mol. The molecule has 0 aliphatic carbocycles.